The van der Waals surface area contributed by atoms with Gasteiger partial charge in [0, 0.05) is 0 Å². The monoisotopic (exact) mass is 232 g/mol. The lowest BCUT2D eigenvalue weighted by Crippen LogP contribution is -2.33. The number of carbonyl (C=O) groups excluding carboxylic acids is 1. The second kappa shape index (κ2) is 6.61. The smallest absolute Gasteiger partial charge is 0.303 e. The highest BCUT2D eigenvalue weighted by atomic mass is 28.4. The molecule has 15 heavy (non-hydrogen) atoms. The molecule has 0 saturated heterocycles. The molecule has 0 aliphatic carbocycles. The first-order chi connectivity index (χ1) is 6.87. The molecule has 0 unspecified atom stereocenters. The maximum absolute atomic E-state index is 11.3. The number of aliphatic carboxylic acids is 1. The van der Waals surface area contributed by atoms with Gasteiger partial charge in [0.15, 0.2) is 0 Å². The average molecular weight is 232 g/mol. The normalized spacial score (nSPS) is 11.1. The summed E-state index contributed by atoms with van der Waals surface area (Å²) in [5, 5.41) is 8.41. The van der Waals surface area contributed by atoms with Crippen LogP contribution in [0.4, 0.5) is 0 Å². The number of carbonyl (C=O) groups is 2. The first-order valence-electron chi connectivity index (χ1n) is 5.31. The predicted octanol–water partition coefficient (Wildman–Crippen LogP) is 2.40. The fourth-order valence-corrected chi connectivity index (χ4v) is 3.25. The van der Waals surface area contributed by atoms with Crippen molar-refractivity contribution in [3.8, 4) is 0 Å². The zero-order valence-electron chi connectivity index (χ0n) is 9.71. The highest BCUT2D eigenvalue weighted by Gasteiger charge is 2.26. The van der Waals surface area contributed by atoms with Gasteiger partial charge in [0.25, 0.3) is 5.97 Å². The molecule has 0 rings (SSSR count). The van der Waals surface area contributed by atoms with Crippen LogP contribution < -0.4 is 0 Å². The van der Waals surface area contributed by atoms with Crippen molar-refractivity contribution in [2.75, 3.05) is 0 Å². The van der Waals surface area contributed by atoms with Gasteiger partial charge >= 0.3 is 5.97 Å². The Morgan fingerprint density at radius 1 is 1.27 bits per heavy atom. The van der Waals surface area contributed by atoms with Crippen LogP contribution in [0.2, 0.25) is 19.1 Å². The van der Waals surface area contributed by atoms with Gasteiger partial charge in [0.1, 0.15) is 0 Å². The van der Waals surface area contributed by atoms with Crippen LogP contribution in [0.15, 0.2) is 0 Å². The second-order valence-corrected chi connectivity index (χ2v) is 8.45. The molecule has 0 aromatic rings. The summed E-state index contributed by atoms with van der Waals surface area (Å²) in [6.45, 7) is 6.07. The molecule has 0 aromatic carbocycles. The molecule has 0 aliphatic rings. The highest BCUT2D eigenvalue weighted by molar-refractivity contribution is 6.72. The van der Waals surface area contributed by atoms with Gasteiger partial charge in [-0.2, -0.15) is 0 Å². The second-order valence-electron chi connectivity index (χ2n) is 4.23. The van der Waals surface area contributed by atoms with Gasteiger partial charge in [-0.25, -0.2) is 0 Å². The fraction of sp³-hybridized carbons (Fsp3) is 0.800. The van der Waals surface area contributed by atoms with Crippen LogP contribution in [-0.2, 0) is 14.0 Å². The molecule has 0 fully saturated rings. The molecule has 0 aromatic heterocycles. The summed E-state index contributed by atoms with van der Waals surface area (Å²) in [4.78, 5) is 21.5. The molecule has 5 heteroatoms. The van der Waals surface area contributed by atoms with Crippen molar-refractivity contribution >= 4 is 20.3 Å². The average Bonchev–Trinajstić information content (AvgIpc) is 2.11. The minimum absolute atomic E-state index is 0.0160. The maximum atomic E-state index is 11.3. The molecule has 88 valence electrons. The van der Waals surface area contributed by atoms with Crippen molar-refractivity contribution in [2.24, 2.45) is 0 Å². The van der Waals surface area contributed by atoms with E-state index in [-0.39, 0.29) is 18.8 Å². The van der Waals surface area contributed by atoms with Crippen LogP contribution in [0.3, 0.4) is 0 Å². The summed E-state index contributed by atoms with van der Waals surface area (Å²) in [6.07, 6.45) is 1.99. The number of carboxylic acid groups (broad SMARTS) is 1. The lowest BCUT2D eigenvalue weighted by molar-refractivity contribution is -0.142. The SMILES string of the molecule is CCCC[Si](C)(C)OC(=O)CCC(=O)O. The standard InChI is InChI=1S/C10H20O4Si/c1-4-5-8-15(2,3)14-10(13)7-6-9(11)12/h4-8H2,1-3H3,(H,11,12). The van der Waals surface area contributed by atoms with Crippen LogP contribution in [0.1, 0.15) is 32.6 Å². The first kappa shape index (κ1) is 14.2. The molecule has 0 atom stereocenters. The van der Waals surface area contributed by atoms with Gasteiger partial charge < -0.3 is 9.53 Å². The molecule has 0 amide bonds. The van der Waals surface area contributed by atoms with Crippen molar-refractivity contribution in [1.29, 1.82) is 0 Å². The Bertz CT molecular complexity index is 225. The maximum Gasteiger partial charge on any atom is 0.303 e. The van der Waals surface area contributed by atoms with Crippen molar-refractivity contribution in [3.63, 3.8) is 0 Å². The van der Waals surface area contributed by atoms with Gasteiger partial charge in [-0.1, -0.05) is 19.8 Å². The van der Waals surface area contributed by atoms with Gasteiger partial charge in [-0.3, -0.25) is 9.59 Å². The van der Waals surface area contributed by atoms with E-state index in [0.29, 0.717) is 0 Å². The molecular formula is C10H20O4Si. The Hall–Kier alpha value is -0.843. The van der Waals surface area contributed by atoms with E-state index in [1.54, 1.807) is 0 Å². The Morgan fingerprint density at radius 2 is 1.87 bits per heavy atom. The predicted molar refractivity (Wildman–Crippen MR) is 60.2 cm³/mol. The van der Waals surface area contributed by atoms with Crippen LogP contribution in [0.25, 0.3) is 0 Å². The molecule has 1 N–H and O–H groups in total. The Morgan fingerprint density at radius 3 is 2.33 bits per heavy atom. The Balaban J connectivity index is 3.87. The number of hydrogen-bond donors (Lipinski definition) is 1. The minimum Gasteiger partial charge on any atom is -0.520 e. The third-order valence-electron chi connectivity index (χ3n) is 2.07. The first-order valence-corrected chi connectivity index (χ1v) is 8.42. The van der Waals surface area contributed by atoms with Crippen LogP contribution in [0, 0.1) is 0 Å². The molecule has 0 bridgehead atoms. The van der Waals surface area contributed by atoms with E-state index >= 15 is 0 Å². The van der Waals surface area contributed by atoms with Crippen LogP contribution >= 0.6 is 0 Å². The van der Waals surface area contributed by atoms with Gasteiger partial charge in [-0.15, -0.1) is 0 Å². The molecule has 0 heterocycles. The number of unbranched alkanes of at least 4 members (excludes halogenated alkanes) is 1. The van der Waals surface area contributed by atoms with Crippen molar-refractivity contribution < 1.29 is 19.1 Å². The number of rotatable bonds is 7. The van der Waals surface area contributed by atoms with E-state index in [1.165, 1.54) is 0 Å². The largest absolute Gasteiger partial charge is 0.520 e. The highest BCUT2D eigenvalue weighted by Crippen LogP contribution is 2.16. The molecule has 0 aliphatic heterocycles. The Labute approximate surface area is 91.8 Å². The van der Waals surface area contributed by atoms with E-state index < -0.39 is 14.3 Å². The fourth-order valence-electron chi connectivity index (χ4n) is 1.22. The van der Waals surface area contributed by atoms with Crippen molar-refractivity contribution in [1.82, 2.24) is 0 Å². The Kier molecular flexibility index (Phi) is 6.23. The molecular weight excluding hydrogens is 212 g/mol. The number of carboxylic acids is 1. The molecule has 4 nitrogen and oxygen atoms in total. The van der Waals surface area contributed by atoms with Crippen LogP contribution in [-0.4, -0.2) is 25.4 Å². The molecule has 0 saturated carbocycles. The number of hydrogen-bond acceptors (Lipinski definition) is 3. The summed E-state index contributed by atoms with van der Waals surface area (Å²) in [5.41, 5.74) is 0. The van der Waals surface area contributed by atoms with E-state index in [2.05, 4.69) is 6.92 Å². The summed E-state index contributed by atoms with van der Waals surface area (Å²) in [5.74, 6) is -1.33. The van der Waals surface area contributed by atoms with E-state index in [0.717, 1.165) is 18.9 Å². The van der Waals surface area contributed by atoms with E-state index in [9.17, 15) is 9.59 Å². The quantitative estimate of drug-likeness (QED) is 0.685. The van der Waals surface area contributed by atoms with Gasteiger partial charge in [0.05, 0.1) is 12.8 Å². The summed E-state index contributed by atoms with van der Waals surface area (Å²) in [6, 6.07) is 0.947. The zero-order valence-corrected chi connectivity index (χ0v) is 10.7. The molecule has 0 spiro atoms. The van der Waals surface area contributed by atoms with Crippen molar-refractivity contribution in [3.05, 3.63) is 0 Å². The third-order valence-corrected chi connectivity index (χ3v) is 4.40. The third kappa shape index (κ3) is 8.17. The summed E-state index contributed by atoms with van der Waals surface area (Å²) in [7, 11) is -1.90. The van der Waals surface area contributed by atoms with E-state index in [4.69, 9.17) is 9.53 Å². The van der Waals surface area contributed by atoms with Gasteiger partial charge in [-0.05, 0) is 19.1 Å². The van der Waals surface area contributed by atoms with Crippen LogP contribution in [0.5, 0.6) is 0 Å². The van der Waals surface area contributed by atoms with Crippen molar-refractivity contribution in [2.45, 2.75) is 51.7 Å². The molecule has 0 radical (unpaired) electrons. The van der Waals surface area contributed by atoms with E-state index in [1.807, 2.05) is 13.1 Å². The topological polar surface area (TPSA) is 63.6 Å². The lowest BCUT2D eigenvalue weighted by Gasteiger charge is -2.22. The lowest BCUT2D eigenvalue weighted by atomic mass is 10.3. The summed E-state index contributed by atoms with van der Waals surface area (Å²) >= 11 is 0. The minimum atomic E-state index is -1.90. The van der Waals surface area contributed by atoms with Gasteiger partial charge in [0.2, 0.25) is 8.32 Å². The summed E-state index contributed by atoms with van der Waals surface area (Å²) < 4.78 is 5.33. The zero-order chi connectivity index (χ0) is 11.9.